The van der Waals surface area contributed by atoms with Gasteiger partial charge in [0.15, 0.2) is 5.84 Å². The van der Waals surface area contributed by atoms with Crippen molar-refractivity contribution in [3.8, 4) is 0 Å². The van der Waals surface area contributed by atoms with Crippen LogP contribution in [0.25, 0.3) is 0 Å². The summed E-state index contributed by atoms with van der Waals surface area (Å²) in [5.41, 5.74) is 5.93. The highest BCUT2D eigenvalue weighted by molar-refractivity contribution is 6.31. The van der Waals surface area contributed by atoms with Crippen molar-refractivity contribution in [3.05, 3.63) is 47.0 Å². The van der Waals surface area contributed by atoms with Crippen LogP contribution in [0.15, 0.2) is 41.4 Å². The van der Waals surface area contributed by atoms with Gasteiger partial charge < -0.3 is 10.8 Å². The first-order valence-corrected chi connectivity index (χ1v) is 4.96. The fourth-order valence-corrected chi connectivity index (χ4v) is 1.21. The van der Waals surface area contributed by atoms with Gasteiger partial charge in [-0.1, -0.05) is 23.7 Å². The molecule has 0 unspecified atom stereocenters. The van der Waals surface area contributed by atoms with E-state index in [1.54, 1.807) is 24.3 Å². The second-order valence-corrected chi connectivity index (χ2v) is 3.50. The number of rotatable bonds is 3. The number of hydrogen-bond acceptors (Lipinski definition) is 2. The van der Waals surface area contributed by atoms with E-state index in [1.807, 2.05) is 0 Å². The van der Waals surface area contributed by atoms with Crippen molar-refractivity contribution in [3.63, 3.8) is 0 Å². The molecule has 0 fully saturated rings. The van der Waals surface area contributed by atoms with E-state index in [9.17, 15) is 4.79 Å². The van der Waals surface area contributed by atoms with Gasteiger partial charge in [-0.15, -0.1) is 0 Å². The number of nitrogens with zero attached hydrogens (tertiary/aromatic N) is 1. The molecule has 88 valence electrons. The predicted octanol–water partition coefficient (Wildman–Crippen LogP) is 1.66. The highest BCUT2D eigenvalue weighted by Crippen LogP contribution is 2.11. The summed E-state index contributed by atoms with van der Waals surface area (Å²) in [4.78, 5) is 14.0. The molecule has 0 aliphatic carbocycles. The van der Waals surface area contributed by atoms with Crippen molar-refractivity contribution >= 4 is 29.2 Å². The van der Waals surface area contributed by atoms with Crippen LogP contribution < -0.4 is 5.73 Å². The summed E-state index contributed by atoms with van der Waals surface area (Å²) in [5, 5.41) is 16.5. The topological polar surface area (TPSA) is 99.5 Å². The summed E-state index contributed by atoms with van der Waals surface area (Å²) >= 11 is 5.76. The first kappa shape index (κ1) is 12.9. The maximum Gasteiger partial charge on any atom is 0.328 e. The Balaban J connectivity index is 2.85. The predicted molar refractivity (Wildman–Crippen MR) is 66.7 cm³/mol. The van der Waals surface area contributed by atoms with Crippen LogP contribution in [0.1, 0.15) is 5.56 Å². The number of halogens is 1. The molecule has 6 heteroatoms. The van der Waals surface area contributed by atoms with Crippen LogP contribution >= 0.6 is 11.6 Å². The number of hydrogen-bond donors (Lipinski definition) is 3. The Morgan fingerprint density at radius 3 is 2.76 bits per heavy atom. The van der Waals surface area contributed by atoms with Crippen molar-refractivity contribution in [2.75, 3.05) is 0 Å². The summed E-state index contributed by atoms with van der Waals surface area (Å²) in [6.45, 7) is 0. The summed E-state index contributed by atoms with van der Waals surface area (Å²) in [5.74, 6) is -1.27. The quantitative estimate of drug-likeness (QED) is 0.433. The normalized spacial score (nSPS) is 11.7. The third kappa shape index (κ3) is 4.48. The minimum absolute atomic E-state index is 0.0580. The van der Waals surface area contributed by atoms with Gasteiger partial charge in [-0.2, -0.15) is 0 Å². The zero-order valence-electron chi connectivity index (χ0n) is 8.72. The molecule has 0 radical (unpaired) electrons. The zero-order valence-corrected chi connectivity index (χ0v) is 9.48. The molecule has 0 atom stereocenters. The third-order valence-corrected chi connectivity index (χ3v) is 1.97. The van der Waals surface area contributed by atoms with Crippen molar-refractivity contribution in [1.29, 1.82) is 5.41 Å². The zero-order chi connectivity index (χ0) is 12.8. The minimum Gasteiger partial charge on any atom is -0.478 e. The Labute approximate surface area is 103 Å². The standard InChI is InChI=1S/C11H10ClN3O2/c12-8-3-1-2-7(6-8)11(14)15-9(13)4-5-10(16)17/h1-6H,(H,16,17)(H3,13,14,15)/b5-4-. The minimum atomic E-state index is -1.13. The molecule has 1 aromatic carbocycles. The molecular formula is C11H10ClN3O2. The summed E-state index contributed by atoms with van der Waals surface area (Å²) in [7, 11) is 0. The molecule has 1 rings (SSSR count). The van der Waals surface area contributed by atoms with Crippen LogP contribution in [0.4, 0.5) is 0 Å². The van der Waals surface area contributed by atoms with E-state index in [-0.39, 0.29) is 11.7 Å². The number of carbonyl (C=O) groups is 1. The number of benzene rings is 1. The molecule has 1 aromatic rings. The number of nitrogens with one attached hydrogen (secondary N) is 1. The van der Waals surface area contributed by atoms with Crippen LogP contribution in [0.3, 0.4) is 0 Å². The van der Waals surface area contributed by atoms with Crippen LogP contribution in [-0.2, 0) is 4.79 Å². The molecular weight excluding hydrogens is 242 g/mol. The van der Waals surface area contributed by atoms with Crippen molar-refractivity contribution in [2.45, 2.75) is 0 Å². The van der Waals surface area contributed by atoms with Gasteiger partial charge in [-0.05, 0) is 18.2 Å². The van der Waals surface area contributed by atoms with Gasteiger partial charge in [0, 0.05) is 16.7 Å². The van der Waals surface area contributed by atoms with Crippen molar-refractivity contribution in [1.82, 2.24) is 0 Å². The molecule has 0 aromatic heterocycles. The first-order chi connectivity index (χ1) is 7.99. The Morgan fingerprint density at radius 1 is 1.47 bits per heavy atom. The maximum absolute atomic E-state index is 10.2. The van der Waals surface area contributed by atoms with Gasteiger partial charge in [0.05, 0.1) is 0 Å². The van der Waals surface area contributed by atoms with Crippen molar-refractivity contribution in [2.24, 2.45) is 10.7 Å². The molecule has 0 saturated carbocycles. The Kier molecular flexibility index (Phi) is 4.42. The Bertz CT molecular complexity index is 509. The molecule has 5 nitrogen and oxygen atoms in total. The monoisotopic (exact) mass is 251 g/mol. The van der Waals surface area contributed by atoms with E-state index in [2.05, 4.69) is 4.99 Å². The van der Waals surface area contributed by atoms with Gasteiger partial charge >= 0.3 is 5.97 Å². The number of amidine groups is 2. The Morgan fingerprint density at radius 2 is 2.18 bits per heavy atom. The van der Waals surface area contributed by atoms with E-state index in [0.717, 1.165) is 12.2 Å². The molecule has 0 amide bonds. The maximum atomic E-state index is 10.2. The molecule has 17 heavy (non-hydrogen) atoms. The van der Waals surface area contributed by atoms with Crippen LogP contribution in [-0.4, -0.2) is 22.7 Å². The van der Waals surface area contributed by atoms with E-state index in [1.165, 1.54) is 0 Å². The van der Waals surface area contributed by atoms with Crippen LogP contribution in [0.2, 0.25) is 5.02 Å². The lowest BCUT2D eigenvalue weighted by molar-refractivity contribution is -0.131. The lowest BCUT2D eigenvalue weighted by Crippen LogP contribution is -2.12. The number of aliphatic imine (C=N–C) groups is 1. The lowest BCUT2D eigenvalue weighted by atomic mass is 10.2. The largest absolute Gasteiger partial charge is 0.478 e. The smallest absolute Gasteiger partial charge is 0.328 e. The number of carboxylic acids is 1. The molecule has 0 heterocycles. The molecule has 0 spiro atoms. The average molecular weight is 252 g/mol. The number of nitrogens with two attached hydrogens (primary N) is 1. The van der Waals surface area contributed by atoms with Gasteiger partial charge in [0.2, 0.25) is 0 Å². The van der Waals surface area contributed by atoms with Gasteiger partial charge in [-0.3, -0.25) is 5.41 Å². The van der Waals surface area contributed by atoms with E-state index < -0.39 is 5.97 Å². The first-order valence-electron chi connectivity index (χ1n) is 4.58. The van der Waals surface area contributed by atoms with E-state index in [0.29, 0.717) is 10.6 Å². The van der Waals surface area contributed by atoms with Crippen LogP contribution in [0, 0.1) is 5.41 Å². The second-order valence-electron chi connectivity index (χ2n) is 3.07. The van der Waals surface area contributed by atoms with Gasteiger partial charge in [0.25, 0.3) is 0 Å². The van der Waals surface area contributed by atoms with Gasteiger partial charge in [0.1, 0.15) is 5.84 Å². The molecule has 4 N–H and O–H groups in total. The molecule has 0 saturated heterocycles. The van der Waals surface area contributed by atoms with Gasteiger partial charge in [-0.25, -0.2) is 9.79 Å². The highest BCUT2D eigenvalue weighted by atomic mass is 35.5. The van der Waals surface area contributed by atoms with Crippen molar-refractivity contribution < 1.29 is 9.90 Å². The molecule has 0 aliphatic heterocycles. The SMILES string of the molecule is N=C(N=C(N)/C=C\C(=O)O)c1cccc(Cl)c1. The van der Waals surface area contributed by atoms with Crippen LogP contribution in [0.5, 0.6) is 0 Å². The summed E-state index contributed by atoms with van der Waals surface area (Å²) in [6.07, 6.45) is 1.96. The molecule has 0 aliphatic rings. The fourth-order valence-electron chi connectivity index (χ4n) is 1.02. The Hall–Kier alpha value is -2.14. The molecule has 0 bridgehead atoms. The third-order valence-electron chi connectivity index (χ3n) is 1.74. The average Bonchev–Trinajstić information content (AvgIpc) is 2.26. The van der Waals surface area contributed by atoms with E-state index >= 15 is 0 Å². The highest BCUT2D eigenvalue weighted by Gasteiger charge is 2.00. The summed E-state index contributed by atoms with van der Waals surface area (Å²) in [6, 6.07) is 6.59. The lowest BCUT2D eigenvalue weighted by Gasteiger charge is -1.99. The number of aliphatic carboxylic acids is 1. The number of carboxylic acid groups (broad SMARTS) is 1. The second kappa shape index (κ2) is 5.81. The summed E-state index contributed by atoms with van der Waals surface area (Å²) < 4.78 is 0. The fraction of sp³-hybridized carbons (Fsp3) is 0. The van der Waals surface area contributed by atoms with E-state index in [4.69, 9.17) is 27.9 Å².